The number of benzene rings is 2. The Hall–Kier alpha value is -1.99. The molecule has 0 amide bonds. The third-order valence-corrected chi connectivity index (χ3v) is 6.22. The molecule has 7 heteroatoms. The van der Waals surface area contributed by atoms with E-state index in [2.05, 4.69) is 20.0 Å². The normalized spacial score (nSPS) is 16.3. The third kappa shape index (κ3) is 4.89. The van der Waals surface area contributed by atoms with Crippen LogP contribution >= 0.6 is 22.9 Å². The second kappa shape index (κ2) is 9.01. The maximum atomic E-state index is 10.4. The second-order valence-electron chi connectivity index (χ2n) is 7.00. The number of hydrogen-bond acceptors (Lipinski definition) is 6. The lowest BCUT2D eigenvalue weighted by molar-refractivity contribution is 0.109. The van der Waals surface area contributed by atoms with E-state index in [0.29, 0.717) is 6.54 Å². The van der Waals surface area contributed by atoms with Crippen molar-refractivity contribution >= 4 is 28.1 Å². The van der Waals surface area contributed by atoms with Gasteiger partial charge in [0.1, 0.15) is 5.01 Å². The van der Waals surface area contributed by atoms with Crippen LogP contribution < -0.4 is 4.90 Å². The Labute approximate surface area is 174 Å². The van der Waals surface area contributed by atoms with E-state index in [1.165, 1.54) is 5.56 Å². The first-order valence-corrected chi connectivity index (χ1v) is 10.6. The van der Waals surface area contributed by atoms with Gasteiger partial charge >= 0.3 is 0 Å². The fourth-order valence-electron chi connectivity index (χ4n) is 3.37. The van der Waals surface area contributed by atoms with Crippen LogP contribution in [0.2, 0.25) is 5.02 Å². The number of hydrogen-bond donors (Lipinski definition) is 1. The molecule has 1 unspecified atom stereocenters. The smallest absolute Gasteiger partial charge is 0.208 e. The van der Waals surface area contributed by atoms with Gasteiger partial charge in [-0.1, -0.05) is 65.4 Å². The number of aliphatic hydroxyl groups excluding tert-OH is 1. The Balaban J connectivity index is 1.29. The highest BCUT2D eigenvalue weighted by molar-refractivity contribution is 7.15. The van der Waals surface area contributed by atoms with Crippen molar-refractivity contribution in [1.82, 2.24) is 15.1 Å². The molecule has 2 aromatic carbocycles. The topological polar surface area (TPSA) is 52.5 Å². The lowest BCUT2D eigenvalue weighted by Crippen LogP contribution is -2.47. The van der Waals surface area contributed by atoms with E-state index in [9.17, 15) is 5.11 Å². The summed E-state index contributed by atoms with van der Waals surface area (Å²) in [5.74, 6) is 0. The van der Waals surface area contributed by atoms with E-state index >= 15 is 0 Å². The first-order valence-electron chi connectivity index (χ1n) is 9.44. The van der Waals surface area contributed by atoms with Crippen molar-refractivity contribution < 1.29 is 5.11 Å². The van der Waals surface area contributed by atoms with E-state index < -0.39 is 6.10 Å². The van der Waals surface area contributed by atoms with Gasteiger partial charge in [0.25, 0.3) is 0 Å². The second-order valence-corrected chi connectivity index (χ2v) is 8.47. The number of halogens is 1. The molecule has 1 aliphatic heterocycles. The number of piperazine rings is 1. The van der Waals surface area contributed by atoms with Crippen molar-refractivity contribution in [2.45, 2.75) is 12.5 Å². The van der Waals surface area contributed by atoms with Gasteiger partial charge in [0.2, 0.25) is 5.13 Å². The third-order valence-electron chi connectivity index (χ3n) is 4.98. The van der Waals surface area contributed by atoms with Crippen LogP contribution in [0, 0.1) is 0 Å². The van der Waals surface area contributed by atoms with Crippen LogP contribution in [-0.2, 0) is 6.42 Å². The molecule has 1 aliphatic rings. The van der Waals surface area contributed by atoms with Crippen molar-refractivity contribution in [3.8, 4) is 0 Å². The Morgan fingerprint density at radius 1 is 0.964 bits per heavy atom. The van der Waals surface area contributed by atoms with Crippen molar-refractivity contribution in [3.05, 3.63) is 75.8 Å². The zero-order valence-corrected chi connectivity index (χ0v) is 17.1. The molecule has 1 N–H and O–H groups in total. The highest BCUT2D eigenvalue weighted by Crippen LogP contribution is 2.24. The predicted molar refractivity (Wildman–Crippen MR) is 114 cm³/mol. The summed E-state index contributed by atoms with van der Waals surface area (Å²) < 4.78 is 0. The van der Waals surface area contributed by atoms with Crippen molar-refractivity contribution in [2.75, 3.05) is 37.6 Å². The maximum Gasteiger partial charge on any atom is 0.208 e. The lowest BCUT2D eigenvalue weighted by atomic mass is 10.1. The summed E-state index contributed by atoms with van der Waals surface area (Å²) in [4.78, 5) is 4.60. The number of aromatic nitrogens is 2. The van der Waals surface area contributed by atoms with Gasteiger partial charge in [0.05, 0.1) is 6.10 Å². The van der Waals surface area contributed by atoms with Crippen LogP contribution in [0.4, 0.5) is 5.13 Å². The molecule has 1 fully saturated rings. The minimum atomic E-state index is -0.444. The number of β-amino-alcohol motifs (C(OH)–C–C–N with tert-alkyl or cyclic N) is 1. The van der Waals surface area contributed by atoms with Crippen LogP contribution in [0.25, 0.3) is 0 Å². The van der Waals surface area contributed by atoms with Crippen LogP contribution in [-0.4, -0.2) is 52.9 Å². The van der Waals surface area contributed by atoms with Crippen LogP contribution in [0.3, 0.4) is 0 Å². The zero-order valence-electron chi connectivity index (χ0n) is 15.5. The summed E-state index contributed by atoms with van der Waals surface area (Å²) in [5, 5.41) is 21.9. The van der Waals surface area contributed by atoms with Crippen LogP contribution in [0.5, 0.6) is 0 Å². The largest absolute Gasteiger partial charge is 0.387 e. The van der Waals surface area contributed by atoms with E-state index in [-0.39, 0.29) is 0 Å². The van der Waals surface area contributed by atoms with Crippen LogP contribution in [0.1, 0.15) is 22.2 Å². The number of aliphatic hydroxyl groups is 1. The molecule has 0 aliphatic carbocycles. The predicted octanol–water partition coefficient (Wildman–Crippen LogP) is 3.64. The molecular formula is C21H23ClN4OS. The van der Waals surface area contributed by atoms with Crippen molar-refractivity contribution in [3.63, 3.8) is 0 Å². The summed E-state index contributed by atoms with van der Waals surface area (Å²) in [6, 6.07) is 17.7. The zero-order chi connectivity index (χ0) is 19.3. The Kier molecular flexibility index (Phi) is 6.22. The molecule has 2 heterocycles. The molecule has 146 valence electrons. The van der Waals surface area contributed by atoms with Gasteiger partial charge in [0.15, 0.2) is 0 Å². The monoisotopic (exact) mass is 414 g/mol. The first-order chi connectivity index (χ1) is 13.7. The molecule has 28 heavy (non-hydrogen) atoms. The summed E-state index contributed by atoms with van der Waals surface area (Å²) in [7, 11) is 0. The van der Waals surface area contributed by atoms with E-state index in [1.807, 2.05) is 54.6 Å². The van der Waals surface area contributed by atoms with Crippen molar-refractivity contribution in [2.24, 2.45) is 0 Å². The van der Waals surface area contributed by atoms with Gasteiger partial charge in [0, 0.05) is 44.2 Å². The molecule has 5 nitrogen and oxygen atoms in total. The van der Waals surface area contributed by atoms with Gasteiger partial charge in [-0.3, -0.25) is 4.90 Å². The average Bonchev–Trinajstić information content (AvgIpc) is 3.19. The molecule has 1 atom stereocenters. The van der Waals surface area contributed by atoms with Crippen molar-refractivity contribution in [1.29, 1.82) is 0 Å². The molecule has 0 bridgehead atoms. The Bertz CT molecular complexity index is 879. The maximum absolute atomic E-state index is 10.4. The van der Waals surface area contributed by atoms with Gasteiger partial charge in [-0.15, -0.1) is 10.2 Å². The van der Waals surface area contributed by atoms with E-state index in [4.69, 9.17) is 11.6 Å². The number of nitrogens with zero attached hydrogens (tertiary/aromatic N) is 4. The fraction of sp³-hybridized carbons (Fsp3) is 0.333. The van der Waals surface area contributed by atoms with E-state index in [1.54, 1.807) is 11.3 Å². The van der Waals surface area contributed by atoms with Gasteiger partial charge < -0.3 is 10.0 Å². The highest BCUT2D eigenvalue weighted by Gasteiger charge is 2.22. The molecule has 1 aromatic heterocycles. The minimum Gasteiger partial charge on any atom is -0.387 e. The lowest BCUT2D eigenvalue weighted by Gasteiger charge is -2.35. The molecule has 0 radical (unpaired) electrons. The Morgan fingerprint density at radius 3 is 2.39 bits per heavy atom. The SMILES string of the molecule is OC(CN1CCN(c2nnc(Cc3ccc(Cl)cc3)s2)CC1)c1ccccc1. The fourth-order valence-corrected chi connectivity index (χ4v) is 4.42. The first kappa shape index (κ1) is 19.3. The number of anilines is 1. The van der Waals surface area contributed by atoms with E-state index in [0.717, 1.165) is 53.3 Å². The summed E-state index contributed by atoms with van der Waals surface area (Å²) in [5.41, 5.74) is 2.16. The van der Waals surface area contributed by atoms with Gasteiger partial charge in [-0.25, -0.2) is 0 Å². The average molecular weight is 415 g/mol. The molecule has 3 aromatic rings. The highest BCUT2D eigenvalue weighted by atomic mass is 35.5. The standard InChI is InChI=1S/C21H23ClN4OS/c22-18-8-6-16(7-9-18)14-20-23-24-21(28-20)26-12-10-25(11-13-26)15-19(27)17-4-2-1-3-5-17/h1-9,19,27H,10-15H2. The molecular weight excluding hydrogens is 392 g/mol. The molecule has 0 spiro atoms. The molecule has 0 saturated carbocycles. The van der Waals surface area contributed by atoms with Crippen LogP contribution in [0.15, 0.2) is 54.6 Å². The molecule has 1 saturated heterocycles. The van der Waals surface area contributed by atoms with Gasteiger partial charge in [-0.05, 0) is 23.3 Å². The summed E-state index contributed by atoms with van der Waals surface area (Å²) in [6.07, 6.45) is 0.332. The Morgan fingerprint density at radius 2 is 1.68 bits per heavy atom. The molecule has 4 rings (SSSR count). The quantitative estimate of drug-likeness (QED) is 0.667. The summed E-state index contributed by atoms with van der Waals surface area (Å²) >= 11 is 7.60. The number of rotatable bonds is 6. The minimum absolute atomic E-state index is 0.444. The summed E-state index contributed by atoms with van der Waals surface area (Å²) in [6.45, 7) is 4.29. The van der Waals surface area contributed by atoms with Gasteiger partial charge in [-0.2, -0.15) is 0 Å².